The zero-order valence-electron chi connectivity index (χ0n) is 16.9. The molecule has 1 aromatic heterocycles. The van der Waals surface area contributed by atoms with Crippen LogP contribution >= 0.6 is 11.6 Å². The highest BCUT2D eigenvalue weighted by Gasteiger charge is 2.49. The fourth-order valence-corrected chi connectivity index (χ4v) is 3.69. The minimum atomic E-state index is -6.30. The largest absolute Gasteiger partial charge is 0.534 e. The predicted molar refractivity (Wildman–Crippen MR) is 113 cm³/mol. The van der Waals surface area contributed by atoms with E-state index >= 15 is 0 Å². The van der Waals surface area contributed by atoms with E-state index in [4.69, 9.17) is 11.6 Å². The summed E-state index contributed by atoms with van der Waals surface area (Å²) in [6.45, 7) is -0.511. The van der Waals surface area contributed by atoms with E-state index in [1.807, 2.05) is 0 Å². The van der Waals surface area contributed by atoms with Gasteiger partial charge >= 0.3 is 27.6 Å². The van der Waals surface area contributed by atoms with Gasteiger partial charge in [0.15, 0.2) is 11.4 Å². The molecule has 0 spiro atoms. The van der Waals surface area contributed by atoms with Gasteiger partial charge in [-0.25, -0.2) is 9.59 Å². The number of rotatable bonds is 6. The number of ether oxygens (including phenoxy) is 1. The Kier molecular flexibility index (Phi) is 6.62. The minimum absolute atomic E-state index is 0.117. The topological polar surface area (TPSA) is 129 Å². The quantitative estimate of drug-likeness (QED) is 0.298. The fourth-order valence-electron chi connectivity index (χ4n) is 3.04. The van der Waals surface area contributed by atoms with Gasteiger partial charge in [-0.3, -0.25) is 9.36 Å². The second-order valence-electron chi connectivity index (χ2n) is 6.74. The molecule has 14 heteroatoms. The zero-order chi connectivity index (χ0) is 25.4. The fraction of sp³-hybridized carbons (Fsp3) is 0.150. The number of carbonyl (C=O) groups excluding carboxylic acids is 1. The lowest BCUT2D eigenvalue weighted by atomic mass is 10.1. The van der Waals surface area contributed by atoms with Crippen molar-refractivity contribution in [3.63, 3.8) is 0 Å². The summed E-state index contributed by atoms with van der Waals surface area (Å²) in [4.78, 5) is 36.7. The summed E-state index contributed by atoms with van der Waals surface area (Å²) in [5.41, 5.74) is -7.58. The minimum Gasteiger partial charge on any atom is -0.476 e. The molecule has 0 amide bonds. The average Bonchev–Trinajstić information content (AvgIpc) is 2.75. The van der Waals surface area contributed by atoms with Crippen LogP contribution in [0.5, 0.6) is 5.75 Å². The summed E-state index contributed by atoms with van der Waals surface area (Å²) in [5, 5.41) is 8.72. The molecule has 3 rings (SSSR count). The van der Waals surface area contributed by atoms with Crippen LogP contribution in [0.1, 0.15) is 26.4 Å². The molecule has 0 aliphatic carbocycles. The Labute approximate surface area is 194 Å². The number of halogens is 4. The van der Waals surface area contributed by atoms with E-state index in [9.17, 15) is 41.1 Å². The van der Waals surface area contributed by atoms with Gasteiger partial charge in [0.05, 0.1) is 24.6 Å². The summed E-state index contributed by atoms with van der Waals surface area (Å²) < 4.78 is 71.7. The number of carbonyl (C=O) groups is 2. The molecule has 0 aliphatic heterocycles. The third-order valence-corrected chi connectivity index (χ3v) is 5.77. The van der Waals surface area contributed by atoms with Crippen molar-refractivity contribution in [1.82, 2.24) is 4.57 Å². The van der Waals surface area contributed by atoms with Gasteiger partial charge in [-0.1, -0.05) is 23.7 Å². The average molecular weight is 520 g/mol. The lowest BCUT2D eigenvalue weighted by molar-refractivity contribution is -0.0500. The van der Waals surface area contributed by atoms with Crippen LogP contribution in [0.3, 0.4) is 0 Å². The molecule has 3 aromatic rings. The van der Waals surface area contributed by atoms with Crippen molar-refractivity contribution in [1.29, 1.82) is 0 Å². The Morgan fingerprint density at radius 2 is 1.71 bits per heavy atom. The summed E-state index contributed by atoms with van der Waals surface area (Å²) in [6.07, 6.45) is 0. The summed E-state index contributed by atoms with van der Waals surface area (Å²) in [5.74, 6) is -3.82. The molecule has 0 radical (unpaired) electrons. The zero-order valence-corrected chi connectivity index (χ0v) is 18.5. The number of hydrogen-bond acceptors (Lipinski definition) is 7. The molecule has 2 aromatic carbocycles. The highest BCUT2D eigenvalue weighted by molar-refractivity contribution is 7.88. The van der Waals surface area contributed by atoms with Gasteiger partial charge in [0, 0.05) is 10.4 Å². The number of hydrogen-bond donors (Lipinski definition) is 1. The number of alkyl halides is 3. The maximum absolute atomic E-state index is 13.1. The number of methoxy groups -OCH3 is 1. The number of esters is 1. The van der Waals surface area contributed by atoms with Crippen LogP contribution < -0.4 is 9.74 Å². The van der Waals surface area contributed by atoms with Crippen molar-refractivity contribution < 1.29 is 45.2 Å². The van der Waals surface area contributed by atoms with E-state index in [1.165, 1.54) is 30.3 Å². The molecule has 1 N–H and O–H groups in total. The van der Waals surface area contributed by atoms with Crippen molar-refractivity contribution >= 4 is 44.4 Å². The normalized spacial score (nSPS) is 11.9. The van der Waals surface area contributed by atoms with Crippen LogP contribution in [0.4, 0.5) is 13.2 Å². The van der Waals surface area contributed by atoms with Gasteiger partial charge in [-0.2, -0.15) is 21.6 Å². The maximum Gasteiger partial charge on any atom is 0.534 e. The third kappa shape index (κ3) is 4.70. The number of carboxylic acids is 1. The van der Waals surface area contributed by atoms with Crippen molar-refractivity contribution in [2.24, 2.45) is 0 Å². The van der Waals surface area contributed by atoms with Crippen LogP contribution in [-0.4, -0.2) is 42.6 Å². The van der Waals surface area contributed by atoms with E-state index in [0.29, 0.717) is 4.57 Å². The van der Waals surface area contributed by atoms with Crippen LogP contribution in [-0.2, 0) is 21.4 Å². The molecule has 0 unspecified atom stereocenters. The molecular weight excluding hydrogens is 507 g/mol. The Morgan fingerprint density at radius 3 is 2.24 bits per heavy atom. The molecule has 0 bridgehead atoms. The molecule has 180 valence electrons. The van der Waals surface area contributed by atoms with E-state index < -0.39 is 56.5 Å². The molecular formula is C20H13ClF3NO8S. The smallest absolute Gasteiger partial charge is 0.476 e. The molecule has 0 fully saturated rings. The lowest BCUT2D eigenvalue weighted by Gasteiger charge is -2.18. The molecule has 0 saturated carbocycles. The molecule has 0 saturated heterocycles. The van der Waals surface area contributed by atoms with E-state index in [0.717, 1.165) is 19.2 Å². The second kappa shape index (κ2) is 8.99. The Morgan fingerprint density at radius 1 is 1.09 bits per heavy atom. The maximum atomic E-state index is 13.1. The van der Waals surface area contributed by atoms with Crippen molar-refractivity contribution in [3.05, 3.63) is 74.7 Å². The van der Waals surface area contributed by atoms with Gasteiger partial charge in [0.25, 0.3) is 5.56 Å². The van der Waals surface area contributed by atoms with Crippen LogP contribution in [0, 0.1) is 0 Å². The van der Waals surface area contributed by atoms with Gasteiger partial charge in [-0.15, -0.1) is 0 Å². The first-order valence-corrected chi connectivity index (χ1v) is 10.8. The Balaban J connectivity index is 2.30. The first kappa shape index (κ1) is 25.1. The predicted octanol–water partition coefficient (Wildman–Crippen LogP) is 3.42. The van der Waals surface area contributed by atoms with Crippen molar-refractivity contribution in [2.45, 2.75) is 12.1 Å². The summed E-state index contributed by atoms with van der Waals surface area (Å²) in [7, 11) is -5.15. The number of aromatic carboxylic acids is 1. The van der Waals surface area contributed by atoms with Gasteiger partial charge < -0.3 is 14.0 Å². The number of aromatic nitrogens is 1. The second-order valence-corrected chi connectivity index (χ2v) is 8.71. The van der Waals surface area contributed by atoms with Crippen LogP contribution in [0.2, 0.25) is 5.02 Å². The number of nitrogens with zero attached hydrogens (tertiary/aromatic N) is 1. The van der Waals surface area contributed by atoms with Gasteiger partial charge in [0.1, 0.15) is 0 Å². The molecule has 0 atom stereocenters. The highest BCUT2D eigenvalue weighted by Crippen LogP contribution is 2.35. The van der Waals surface area contributed by atoms with Crippen LogP contribution in [0.15, 0.2) is 47.3 Å². The van der Waals surface area contributed by atoms with Gasteiger partial charge in [0.2, 0.25) is 0 Å². The van der Waals surface area contributed by atoms with E-state index in [1.54, 1.807) is 0 Å². The molecule has 34 heavy (non-hydrogen) atoms. The monoisotopic (exact) mass is 519 g/mol. The molecule has 1 heterocycles. The summed E-state index contributed by atoms with van der Waals surface area (Å²) in [6, 6.07) is 8.56. The molecule has 0 aliphatic rings. The van der Waals surface area contributed by atoms with E-state index in [-0.39, 0.29) is 21.5 Å². The number of pyridine rings is 1. The Bertz CT molecular complexity index is 1460. The van der Waals surface area contributed by atoms with Crippen molar-refractivity contribution in [3.8, 4) is 5.75 Å². The number of carboxylic acid groups (broad SMARTS) is 1. The lowest BCUT2D eigenvalue weighted by Crippen LogP contribution is -2.32. The SMILES string of the molecule is COC(=O)c1ccc(Cn2c(C(=O)O)c(OS(=O)(=O)C(F)(F)F)c3cc(Cl)ccc3c2=O)cc1. The number of benzene rings is 2. The van der Waals surface area contributed by atoms with E-state index in [2.05, 4.69) is 8.92 Å². The summed E-state index contributed by atoms with van der Waals surface area (Å²) >= 11 is 5.84. The third-order valence-electron chi connectivity index (χ3n) is 4.58. The van der Waals surface area contributed by atoms with Crippen molar-refractivity contribution in [2.75, 3.05) is 7.11 Å². The number of fused-ring (bicyclic) bond motifs is 1. The molecule has 9 nitrogen and oxygen atoms in total. The standard InChI is InChI=1S/C20H13ClF3NO8S/c1-32-19(29)11-4-2-10(3-5-11)9-25-15(18(27)28)16(33-34(30,31)20(22,23)24)14-8-12(21)6-7-13(14)17(25)26/h2-8H,9H2,1H3,(H,27,28). The Hall–Kier alpha value is -3.58. The highest BCUT2D eigenvalue weighted by atomic mass is 35.5. The first-order chi connectivity index (χ1) is 15.8. The first-order valence-electron chi connectivity index (χ1n) is 9.04. The van der Waals surface area contributed by atoms with Crippen LogP contribution in [0.25, 0.3) is 10.8 Å². The van der Waals surface area contributed by atoms with Gasteiger partial charge in [-0.05, 0) is 35.9 Å².